The minimum Gasteiger partial charge on any atom is -0.224 e. The molecule has 140 valence electrons. The highest BCUT2D eigenvalue weighted by Crippen LogP contribution is 2.32. The van der Waals surface area contributed by atoms with Gasteiger partial charge in [-0.2, -0.15) is 0 Å². The van der Waals surface area contributed by atoms with Crippen LogP contribution < -0.4 is 5.14 Å². The second-order valence-electron chi connectivity index (χ2n) is 6.50. The Hall–Kier alpha value is -2.22. The van der Waals surface area contributed by atoms with Crippen LogP contribution in [0.25, 0.3) is 5.57 Å². The van der Waals surface area contributed by atoms with Crippen LogP contribution in [0.1, 0.15) is 28.2 Å². The van der Waals surface area contributed by atoms with Crippen LogP contribution in [-0.2, 0) is 10.0 Å². The van der Waals surface area contributed by atoms with Gasteiger partial charge in [0.05, 0.1) is 0 Å². The SMILES string of the molecule is Cc1ccc(C2C=CC(c3cc(F)c(S(N)(=O)=O)c(F)c3)=CC2=S)cc1C. The third-order valence-corrected chi connectivity index (χ3v) is 5.91. The van der Waals surface area contributed by atoms with Gasteiger partial charge in [-0.05, 0) is 59.9 Å². The molecule has 0 amide bonds. The lowest BCUT2D eigenvalue weighted by Gasteiger charge is -2.19. The average Bonchev–Trinajstić information content (AvgIpc) is 2.55. The molecule has 7 heteroatoms. The summed E-state index contributed by atoms with van der Waals surface area (Å²) in [6.45, 7) is 4.05. The summed E-state index contributed by atoms with van der Waals surface area (Å²) in [6.07, 6.45) is 5.26. The molecule has 0 saturated carbocycles. The maximum absolute atomic E-state index is 14.1. The van der Waals surface area contributed by atoms with Crippen LogP contribution in [0.2, 0.25) is 0 Å². The molecule has 2 aromatic carbocycles. The number of allylic oxidation sites excluding steroid dienone is 4. The number of thiocarbonyl (C=S) groups is 1. The van der Waals surface area contributed by atoms with Crippen molar-refractivity contribution in [2.24, 2.45) is 5.14 Å². The summed E-state index contributed by atoms with van der Waals surface area (Å²) < 4.78 is 50.8. The first-order valence-corrected chi connectivity index (χ1v) is 10.1. The Morgan fingerprint density at radius 1 is 1.04 bits per heavy atom. The minimum atomic E-state index is -4.49. The summed E-state index contributed by atoms with van der Waals surface area (Å²) in [5.74, 6) is -2.57. The lowest BCUT2D eigenvalue weighted by Crippen LogP contribution is -2.16. The third kappa shape index (κ3) is 3.90. The van der Waals surface area contributed by atoms with Gasteiger partial charge in [0, 0.05) is 10.8 Å². The first-order valence-electron chi connectivity index (χ1n) is 8.11. The maximum Gasteiger partial charge on any atom is 0.243 e. The van der Waals surface area contributed by atoms with Crippen molar-refractivity contribution in [3.05, 3.63) is 82.4 Å². The van der Waals surface area contributed by atoms with Gasteiger partial charge in [-0.1, -0.05) is 42.6 Å². The van der Waals surface area contributed by atoms with Gasteiger partial charge in [-0.3, -0.25) is 0 Å². The van der Waals surface area contributed by atoms with Crippen molar-refractivity contribution < 1.29 is 17.2 Å². The number of primary sulfonamides is 1. The van der Waals surface area contributed by atoms with Crippen molar-refractivity contribution in [2.75, 3.05) is 0 Å². The first-order chi connectivity index (χ1) is 12.6. The van der Waals surface area contributed by atoms with Crippen LogP contribution in [-0.4, -0.2) is 13.3 Å². The predicted molar refractivity (Wildman–Crippen MR) is 106 cm³/mol. The maximum atomic E-state index is 14.1. The van der Waals surface area contributed by atoms with Gasteiger partial charge < -0.3 is 0 Å². The standard InChI is InChI=1S/C20H17F2NO2S2/c1-11-3-4-14(7-12(11)2)16-6-5-13(10-19(16)26)15-8-17(21)20(18(22)9-15)27(23,24)25/h3-10,16H,1-2H3,(H2,23,24,25). The monoisotopic (exact) mass is 405 g/mol. The molecule has 0 radical (unpaired) electrons. The van der Waals surface area contributed by atoms with E-state index in [0.717, 1.165) is 23.3 Å². The van der Waals surface area contributed by atoms with Gasteiger partial charge in [-0.15, -0.1) is 0 Å². The zero-order chi connectivity index (χ0) is 19.9. The fourth-order valence-electron chi connectivity index (χ4n) is 3.00. The predicted octanol–water partition coefficient (Wildman–Crippen LogP) is 4.34. The second-order valence-corrected chi connectivity index (χ2v) is 8.47. The van der Waals surface area contributed by atoms with Crippen molar-refractivity contribution in [1.29, 1.82) is 0 Å². The lowest BCUT2D eigenvalue weighted by molar-refractivity contribution is 0.519. The molecule has 0 heterocycles. The van der Waals surface area contributed by atoms with Gasteiger partial charge >= 0.3 is 0 Å². The highest BCUT2D eigenvalue weighted by atomic mass is 32.2. The number of sulfonamides is 1. The molecule has 1 unspecified atom stereocenters. The van der Waals surface area contributed by atoms with E-state index in [4.69, 9.17) is 17.4 Å². The number of benzene rings is 2. The molecule has 2 aromatic rings. The summed E-state index contributed by atoms with van der Waals surface area (Å²) >= 11 is 5.48. The summed E-state index contributed by atoms with van der Waals surface area (Å²) in [5.41, 5.74) is 4.06. The van der Waals surface area contributed by atoms with Gasteiger partial charge in [0.15, 0.2) is 4.90 Å². The van der Waals surface area contributed by atoms with E-state index in [0.29, 0.717) is 10.4 Å². The molecule has 1 aliphatic rings. The summed E-state index contributed by atoms with van der Waals surface area (Å²) in [4.78, 5) is -0.533. The fourth-order valence-corrected chi connectivity index (χ4v) is 4.00. The molecule has 3 nitrogen and oxygen atoms in total. The smallest absolute Gasteiger partial charge is 0.224 e. The molecule has 0 bridgehead atoms. The first kappa shape index (κ1) is 19.5. The summed E-state index contributed by atoms with van der Waals surface area (Å²) in [6, 6.07) is 7.98. The Morgan fingerprint density at radius 2 is 1.67 bits per heavy atom. The zero-order valence-electron chi connectivity index (χ0n) is 14.7. The summed E-state index contributed by atoms with van der Waals surface area (Å²) in [7, 11) is -4.49. The van der Waals surface area contributed by atoms with Gasteiger partial charge in [-0.25, -0.2) is 22.3 Å². The normalized spacial score (nSPS) is 17.1. The Labute approximate surface area is 162 Å². The second kappa shape index (κ2) is 7.07. The Bertz CT molecular complexity index is 1100. The third-order valence-electron chi connectivity index (χ3n) is 4.58. The van der Waals surface area contributed by atoms with Gasteiger partial charge in [0.25, 0.3) is 0 Å². The lowest BCUT2D eigenvalue weighted by atomic mass is 9.87. The van der Waals surface area contributed by atoms with E-state index in [-0.39, 0.29) is 11.5 Å². The van der Waals surface area contributed by atoms with E-state index in [9.17, 15) is 17.2 Å². The number of nitrogens with two attached hydrogens (primary N) is 1. The van der Waals surface area contributed by atoms with Crippen LogP contribution in [0, 0.1) is 25.5 Å². The number of aryl methyl sites for hydroxylation is 2. The molecule has 1 atom stereocenters. The number of hydrogen-bond donors (Lipinski definition) is 1. The minimum absolute atomic E-state index is 0.110. The molecule has 1 aliphatic carbocycles. The van der Waals surface area contributed by atoms with Gasteiger partial charge in [0.1, 0.15) is 11.6 Å². The van der Waals surface area contributed by atoms with E-state index in [1.807, 2.05) is 32.1 Å². The number of hydrogen-bond acceptors (Lipinski definition) is 3. The van der Waals surface area contributed by atoms with Crippen molar-refractivity contribution >= 4 is 32.7 Å². The van der Waals surface area contributed by atoms with Crippen LogP contribution in [0.4, 0.5) is 8.78 Å². The molecule has 0 saturated heterocycles. The quantitative estimate of drug-likeness (QED) is 0.773. The number of halogens is 2. The van der Waals surface area contributed by atoms with Crippen LogP contribution in [0.5, 0.6) is 0 Å². The Balaban J connectivity index is 1.96. The Morgan fingerprint density at radius 3 is 2.19 bits per heavy atom. The van der Waals surface area contributed by atoms with Crippen LogP contribution in [0.15, 0.2) is 53.5 Å². The highest BCUT2D eigenvalue weighted by Gasteiger charge is 2.23. The highest BCUT2D eigenvalue weighted by molar-refractivity contribution is 7.89. The van der Waals surface area contributed by atoms with Crippen molar-refractivity contribution in [3.63, 3.8) is 0 Å². The molecule has 0 fully saturated rings. The van der Waals surface area contributed by atoms with Crippen molar-refractivity contribution in [3.8, 4) is 0 Å². The molecule has 3 rings (SSSR count). The average molecular weight is 405 g/mol. The molecule has 0 aliphatic heterocycles. The molecule has 27 heavy (non-hydrogen) atoms. The number of rotatable bonds is 3. The largest absolute Gasteiger partial charge is 0.243 e. The zero-order valence-corrected chi connectivity index (χ0v) is 16.3. The van der Waals surface area contributed by atoms with E-state index in [1.54, 1.807) is 12.2 Å². The molecule has 0 spiro atoms. The molecule has 0 aromatic heterocycles. The van der Waals surface area contributed by atoms with Crippen LogP contribution >= 0.6 is 12.2 Å². The summed E-state index contributed by atoms with van der Waals surface area (Å²) in [5, 5.41) is 4.86. The van der Waals surface area contributed by atoms with E-state index < -0.39 is 26.6 Å². The molecule has 2 N–H and O–H groups in total. The molecular formula is C20H17F2NO2S2. The van der Waals surface area contributed by atoms with E-state index in [2.05, 4.69) is 6.07 Å². The topological polar surface area (TPSA) is 60.2 Å². The van der Waals surface area contributed by atoms with Gasteiger partial charge in [0.2, 0.25) is 10.0 Å². The van der Waals surface area contributed by atoms with Crippen molar-refractivity contribution in [1.82, 2.24) is 0 Å². The molecular weight excluding hydrogens is 388 g/mol. The van der Waals surface area contributed by atoms with E-state index >= 15 is 0 Å². The Kier molecular flexibility index (Phi) is 5.12. The van der Waals surface area contributed by atoms with Crippen LogP contribution in [0.3, 0.4) is 0 Å². The fraction of sp³-hybridized carbons (Fsp3) is 0.150. The van der Waals surface area contributed by atoms with E-state index in [1.165, 1.54) is 5.56 Å². The van der Waals surface area contributed by atoms with Crippen molar-refractivity contribution in [2.45, 2.75) is 24.7 Å².